The second-order valence-electron chi connectivity index (χ2n) is 4.19. The monoisotopic (exact) mass is 244 g/mol. The molecular weight excluding hydrogens is 231 g/mol. The predicted molar refractivity (Wildman–Crippen MR) is 64.4 cm³/mol. The number of pyridine rings is 1. The lowest BCUT2D eigenvalue weighted by Crippen LogP contribution is -2.11. The third-order valence-electron chi connectivity index (χ3n) is 3.27. The summed E-state index contributed by atoms with van der Waals surface area (Å²) >= 11 is 12.1. The van der Waals surface area contributed by atoms with Gasteiger partial charge in [0.1, 0.15) is 5.82 Å². The Bertz CT molecular complexity index is 368. The summed E-state index contributed by atoms with van der Waals surface area (Å²) in [5, 5.41) is 0.887. The number of rotatable bonds is 1. The second kappa shape index (κ2) is 4.18. The van der Waals surface area contributed by atoms with Crippen LogP contribution in [0.15, 0.2) is 12.3 Å². The molecule has 1 aromatic rings. The Hall–Kier alpha value is -0.470. The minimum absolute atomic E-state index is 0.244. The average Bonchev–Trinajstić information content (AvgIpc) is 2.52. The first-order chi connectivity index (χ1) is 7.09. The maximum absolute atomic E-state index is 6.21. The minimum atomic E-state index is 0.244. The first-order valence-corrected chi connectivity index (χ1v) is 5.96. The fourth-order valence-corrected chi connectivity index (χ4v) is 2.79. The molecule has 0 spiro atoms. The zero-order valence-corrected chi connectivity index (χ0v) is 10.1. The minimum Gasteiger partial charge on any atom is -0.383 e. The largest absolute Gasteiger partial charge is 0.383 e. The molecule has 0 aliphatic heterocycles. The molecule has 1 aromatic heterocycles. The van der Waals surface area contributed by atoms with Crippen LogP contribution in [0.25, 0.3) is 0 Å². The van der Waals surface area contributed by atoms with E-state index in [0.29, 0.717) is 22.7 Å². The molecule has 0 saturated heterocycles. The Labute approximate surface area is 99.8 Å². The van der Waals surface area contributed by atoms with E-state index in [4.69, 9.17) is 28.9 Å². The number of alkyl halides is 1. The quantitative estimate of drug-likeness (QED) is 0.769. The van der Waals surface area contributed by atoms with Crippen molar-refractivity contribution < 1.29 is 0 Å². The van der Waals surface area contributed by atoms with Crippen molar-refractivity contribution in [3.05, 3.63) is 22.8 Å². The highest BCUT2D eigenvalue weighted by atomic mass is 35.5. The van der Waals surface area contributed by atoms with Gasteiger partial charge < -0.3 is 5.73 Å². The van der Waals surface area contributed by atoms with E-state index in [1.807, 2.05) is 6.07 Å². The molecule has 2 nitrogen and oxygen atoms in total. The van der Waals surface area contributed by atoms with Gasteiger partial charge in [-0.05, 0) is 36.3 Å². The summed E-state index contributed by atoms with van der Waals surface area (Å²) in [6.45, 7) is 2.16. The third-order valence-corrected chi connectivity index (χ3v) is 4.10. The molecule has 1 heterocycles. The van der Waals surface area contributed by atoms with E-state index >= 15 is 0 Å². The first kappa shape index (κ1) is 11.0. The Morgan fingerprint density at radius 3 is 2.80 bits per heavy atom. The van der Waals surface area contributed by atoms with Gasteiger partial charge >= 0.3 is 0 Å². The van der Waals surface area contributed by atoms with E-state index in [1.165, 1.54) is 0 Å². The van der Waals surface area contributed by atoms with Crippen molar-refractivity contribution in [3.63, 3.8) is 0 Å². The number of nitrogens with zero attached hydrogens (tertiary/aromatic N) is 1. The molecule has 0 bridgehead atoms. The lowest BCUT2D eigenvalue weighted by molar-refractivity contribution is 0.538. The summed E-state index contributed by atoms with van der Waals surface area (Å²) in [5.74, 6) is 1.43. The third kappa shape index (κ3) is 2.06. The maximum atomic E-state index is 6.21. The van der Waals surface area contributed by atoms with Gasteiger partial charge in [0.25, 0.3) is 0 Å². The summed E-state index contributed by atoms with van der Waals surface area (Å²) < 4.78 is 0. The first-order valence-electron chi connectivity index (χ1n) is 5.14. The lowest BCUT2D eigenvalue weighted by atomic mass is 9.90. The van der Waals surface area contributed by atoms with Gasteiger partial charge in [0, 0.05) is 11.6 Å². The molecule has 1 aliphatic rings. The lowest BCUT2D eigenvalue weighted by Gasteiger charge is -2.18. The van der Waals surface area contributed by atoms with Crippen LogP contribution in [0.4, 0.5) is 5.82 Å². The standard InChI is InChI=1S/C11H14Cl2N2/c1-6-8(2-3-10(6)13)9-4-7(12)5-15-11(9)14/h4-6,8,10H,2-3H2,1H3,(H2,14,15). The molecule has 2 rings (SSSR count). The summed E-state index contributed by atoms with van der Waals surface area (Å²) in [4.78, 5) is 4.09. The van der Waals surface area contributed by atoms with Crippen molar-refractivity contribution >= 4 is 29.0 Å². The summed E-state index contributed by atoms with van der Waals surface area (Å²) in [6, 6.07) is 1.92. The van der Waals surface area contributed by atoms with Gasteiger partial charge in [0.15, 0.2) is 0 Å². The highest BCUT2D eigenvalue weighted by Gasteiger charge is 2.33. The van der Waals surface area contributed by atoms with Crippen LogP contribution in [-0.2, 0) is 0 Å². The van der Waals surface area contributed by atoms with Crippen molar-refractivity contribution in [1.82, 2.24) is 4.98 Å². The predicted octanol–water partition coefficient (Wildman–Crippen LogP) is 3.44. The van der Waals surface area contributed by atoms with Gasteiger partial charge in [0.2, 0.25) is 0 Å². The van der Waals surface area contributed by atoms with E-state index in [0.717, 1.165) is 18.4 Å². The van der Waals surface area contributed by atoms with Gasteiger partial charge in [0.05, 0.1) is 5.02 Å². The molecule has 1 fully saturated rings. The Kier molecular flexibility index (Phi) is 3.08. The Balaban J connectivity index is 2.33. The van der Waals surface area contributed by atoms with Gasteiger partial charge in [-0.2, -0.15) is 0 Å². The van der Waals surface area contributed by atoms with Crippen LogP contribution in [0.5, 0.6) is 0 Å². The van der Waals surface area contributed by atoms with Crippen LogP contribution in [0.3, 0.4) is 0 Å². The zero-order valence-electron chi connectivity index (χ0n) is 8.58. The topological polar surface area (TPSA) is 38.9 Å². The van der Waals surface area contributed by atoms with E-state index < -0.39 is 0 Å². The van der Waals surface area contributed by atoms with Crippen LogP contribution in [0.1, 0.15) is 31.2 Å². The molecule has 0 amide bonds. The zero-order chi connectivity index (χ0) is 11.0. The highest BCUT2D eigenvalue weighted by molar-refractivity contribution is 6.30. The van der Waals surface area contributed by atoms with Gasteiger partial charge in [-0.3, -0.25) is 0 Å². The van der Waals surface area contributed by atoms with Crippen molar-refractivity contribution in [2.45, 2.75) is 31.1 Å². The molecule has 3 unspecified atom stereocenters. The van der Waals surface area contributed by atoms with E-state index in [-0.39, 0.29) is 5.38 Å². The molecule has 0 radical (unpaired) electrons. The highest BCUT2D eigenvalue weighted by Crippen LogP contribution is 2.43. The SMILES string of the molecule is CC1C(Cl)CCC1c1cc(Cl)cnc1N. The van der Waals surface area contributed by atoms with E-state index in [2.05, 4.69) is 11.9 Å². The van der Waals surface area contributed by atoms with Gasteiger partial charge in [-0.1, -0.05) is 18.5 Å². The Morgan fingerprint density at radius 1 is 1.47 bits per heavy atom. The smallest absolute Gasteiger partial charge is 0.126 e. The van der Waals surface area contributed by atoms with Crippen molar-refractivity contribution in [2.24, 2.45) is 5.92 Å². The number of aromatic nitrogens is 1. The molecule has 0 aromatic carbocycles. The number of nitrogen functional groups attached to an aromatic ring is 1. The van der Waals surface area contributed by atoms with Crippen LogP contribution in [0, 0.1) is 5.92 Å². The number of hydrogen-bond donors (Lipinski definition) is 1. The fourth-order valence-electron chi connectivity index (χ4n) is 2.32. The van der Waals surface area contributed by atoms with Crippen LogP contribution < -0.4 is 5.73 Å². The number of nitrogens with two attached hydrogens (primary N) is 1. The fraction of sp³-hybridized carbons (Fsp3) is 0.545. The van der Waals surface area contributed by atoms with Gasteiger partial charge in [-0.15, -0.1) is 11.6 Å². The summed E-state index contributed by atoms with van der Waals surface area (Å²) in [5.41, 5.74) is 6.92. The number of halogens is 2. The van der Waals surface area contributed by atoms with Crippen LogP contribution >= 0.6 is 23.2 Å². The summed E-state index contributed by atoms with van der Waals surface area (Å²) in [6.07, 6.45) is 3.69. The molecule has 2 N–H and O–H groups in total. The maximum Gasteiger partial charge on any atom is 0.126 e. The van der Waals surface area contributed by atoms with Gasteiger partial charge in [-0.25, -0.2) is 4.98 Å². The average molecular weight is 245 g/mol. The second-order valence-corrected chi connectivity index (χ2v) is 5.18. The van der Waals surface area contributed by atoms with E-state index in [9.17, 15) is 0 Å². The molecular formula is C11H14Cl2N2. The van der Waals surface area contributed by atoms with Crippen LogP contribution in [0.2, 0.25) is 5.02 Å². The van der Waals surface area contributed by atoms with Crippen molar-refractivity contribution in [3.8, 4) is 0 Å². The molecule has 4 heteroatoms. The summed E-state index contributed by atoms with van der Waals surface area (Å²) in [7, 11) is 0. The van der Waals surface area contributed by atoms with Crippen molar-refractivity contribution in [2.75, 3.05) is 5.73 Å². The molecule has 82 valence electrons. The van der Waals surface area contributed by atoms with Crippen LogP contribution in [-0.4, -0.2) is 10.4 Å². The Morgan fingerprint density at radius 2 is 2.20 bits per heavy atom. The molecule has 1 aliphatic carbocycles. The number of anilines is 1. The number of hydrogen-bond acceptors (Lipinski definition) is 2. The molecule has 15 heavy (non-hydrogen) atoms. The van der Waals surface area contributed by atoms with E-state index in [1.54, 1.807) is 6.20 Å². The normalized spacial score (nSPS) is 30.7. The molecule has 1 saturated carbocycles. The van der Waals surface area contributed by atoms with Crippen molar-refractivity contribution in [1.29, 1.82) is 0 Å². The molecule has 3 atom stereocenters.